The van der Waals surface area contributed by atoms with E-state index < -0.39 is 0 Å². The van der Waals surface area contributed by atoms with E-state index in [0.29, 0.717) is 11.8 Å². The maximum atomic E-state index is 13.0. The highest BCUT2D eigenvalue weighted by molar-refractivity contribution is 5.77. The summed E-state index contributed by atoms with van der Waals surface area (Å²) in [4.78, 5) is 20.1. The molecule has 2 saturated heterocycles. The molecule has 0 bridgehead atoms. The summed E-state index contributed by atoms with van der Waals surface area (Å²) in [5.74, 6) is 1.69. The van der Waals surface area contributed by atoms with Gasteiger partial charge < -0.3 is 19.3 Å². The Kier molecular flexibility index (Phi) is 8.97. The van der Waals surface area contributed by atoms with Gasteiger partial charge in [0.15, 0.2) is 0 Å². The van der Waals surface area contributed by atoms with Gasteiger partial charge in [-0.3, -0.25) is 9.69 Å². The van der Waals surface area contributed by atoms with Crippen LogP contribution in [0, 0.1) is 5.92 Å². The van der Waals surface area contributed by atoms with Crippen molar-refractivity contribution in [3.8, 4) is 5.75 Å². The van der Waals surface area contributed by atoms with Gasteiger partial charge in [0.05, 0.1) is 7.11 Å². The van der Waals surface area contributed by atoms with Crippen LogP contribution in [0.5, 0.6) is 5.75 Å². The quantitative estimate of drug-likeness (QED) is 0.508. The molecular formula is C28H39N3O3. The Morgan fingerprint density at radius 1 is 1.00 bits per heavy atom. The summed E-state index contributed by atoms with van der Waals surface area (Å²) in [5, 5.41) is 0. The van der Waals surface area contributed by atoms with Crippen molar-refractivity contribution in [3.05, 3.63) is 65.7 Å². The number of benzene rings is 2. The number of methoxy groups -OCH3 is 2. The Bertz CT molecular complexity index is 901. The van der Waals surface area contributed by atoms with Crippen LogP contribution in [-0.4, -0.2) is 87.2 Å². The first kappa shape index (κ1) is 24.7. The van der Waals surface area contributed by atoms with E-state index >= 15 is 0 Å². The second kappa shape index (κ2) is 12.3. The second-order valence-corrected chi connectivity index (χ2v) is 9.64. The fourth-order valence-electron chi connectivity index (χ4n) is 5.45. The van der Waals surface area contributed by atoms with Gasteiger partial charge in [0.2, 0.25) is 5.91 Å². The first-order chi connectivity index (χ1) is 16.7. The molecular weight excluding hydrogens is 426 g/mol. The van der Waals surface area contributed by atoms with E-state index in [1.54, 1.807) is 14.2 Å². The number of hydrogen-bond acceptors (Lipinski definition) is 5. The van der Waals surface area contributed by atoms with E-state index in [1.165, 1.54) is 24.0 Å². The minimum absolute atomic E-state index is 0.0904. The molecule has 2 aromatic carbocycles. The third kappa shape index (κ3) is 6.59. The molecule has 34 heavy (non-hydrogen) atoms. The van der Waals surface area contributed by atoms with Crippen LogP contribution in [0.3, 0.4) is 0 Å². The Labute approximate surface area is 204 Å². The van der Waals surface area contributed by atoms with Gasteiger partial charge in [0, 0.05) is 52.3 Å². The van der Waals surface area contributed by atoms with Gasteiger partial charge in [-0.2, -0.15) is 0 Å². The summed E-state index contributed by atoms with van der Waals surface area (Å²) in [7, 11) is 3.32. The Morgan fingerprint density at radius 3 is 2.53 bits per heavy atom. The standard InChI is InChI=1S/C28H39N3O3/c1-33-22-28(32)31(16-15-29-13-6-7-14-29)20-25-19-30(18-23-9-4-3-5-10-23)21-27(25)24-11-8-12-26(17-24)34-2/h3-5,8-12,17,25,27H,6-7,13-16,18-22H2,1-2H3. The molecule has 6 heteroatoms. The van der Waals surface area contributed by atoms with E-state index in [-0.39, 0.29) is 12.5 Å². The van der Waals surface area contributed by atoms with Gasteiger partial charge in [-0.1, -0.05) is 42.5 Å². The first-order valence-electron chi connectivity index (χ1n) is 12.6. The van der Waals surface area contributed by atoms with E-state index in [0.717, 1.165) is 58.1 Å². The molecule has 0 saturated carbocycles. The molecule has 0 radical (unpaired) electrons. The number of carbonyl (C=O) groups excluding carboxylic acids is 1. The predicted octanol–water partition coefficient (Wildman–Crippen LogP) is 3.48. The van der Waals surface area contributed by atoms with Crippen molar-refractivity contribution < 1.29 is 14.3 Å². The zero-order valence-corrected chi connectivity index (χ0v) is 20.7. The molecule has 1 amide bonds. The van der Waals surface area contributed by atoms with Crippen LogP contribution >= 0.6 is 0 Å². The molecule has 2 aliphatic heterocycles. The summed E-state index contributed by atoms with van der Waals surface area (Å²) in [6, 6.07) is 19.1. The van der Waals surface area contributed by atoms with Crippen molar-refractivity contribution in [3.63, 3.8) is 0 Å². The van der Waals surface area contributed by atoms with Crippen LogP contribution < -0.4 is 4.74 Å². The van der Waals surface area contributed by atoms with Gasteiger partial charge in [-0.15, -0.1) is 0 Å². The third-order valence-electron chi connectivity index (χ3n) is 7.25. The Balaban J connectivity index is 1.51. The summed E-state index contributed by atoms with van der Waals surface area (Å²) in [6.45, 7) is 7.77. The van der Waals surface area contributed by atoms with Gasteiger partial charge in [0.1, 0.15) is 12.4 Å². The highest BCUT2D eigenvalue weighted by Crippen LogP contribution is 2.35. The largest absolute Gasteiger partial charge is 0.497 e. The van der Waals surface area contributed by atoms with E-state index in [9.17, 15) is 4.79 Å². The SMILES string of the molecule is COCC(=O)N(CCN1CCCC1)CC1CN(Cc2ccccc2)CC1c1cccc(OC)c1. The highest BCUT2D eigenvalue weighted by Gasteiger charge is 2.36. The Hall–Kier alpha value is -2.41. The smallest absolute Gasteiger partial charge is 0.248 e. The monoisotopic (exact) mass is 465 g/mol. The molecule has 0 N–H and O–H groups in total. The number of ether oxygens (including phenoxy) is 2. The fraction of sp³-hybridized carbons (Fsp3) is 0.536. The summed E-state index contributed by atoms with van der Waals surface area (Å²) < 4.78 is 10.7. The summed E-state index contributed by atoms with van der Waals surface area (Å²) in [6.07, 6.45) is 2.53. The van der Waals surface area contributed by atoms with Crippen molar-refractivity contribution in [2.75, 3.05) is 66.6 Å². The molecule has 0 aliphatic carbocycles. The molecule has 0 aromatic heterocycles. The van der Waals surface area contributed by atoms with Crippen LogP contribution in [0.25, 0.3) is 0 Å². The van der Waals surface area contributed by atoms with Crippen LogP contribution in [0.2, 0.25) is 0 Å². The topological polar surface area (TPSA) is 45.2 Å². The second-order valence-electron chi connectivity index (χ2n) is 9.64. The fourth-order valence-corrected chi connectivity index (χ4v) is 5.45. The zero-order chi connectivity index (χ0) is 23.8. The number of hydrogen-bond donors (Lipinski definition) is 0. The van der Waals surface area contributed by atoms with Gasteiger partial charge in [-0.25, -0.2) is 0 Å². The molecule has 2 aliphatic rings. The van der Waals surface area contributed by atoms with Gasteiger partial charge in [0.25, 0.3) is 0 Å². The number of nitrogens with zero attached hydrogens (tertiary/aromatic N) is 3. The van der Waals surface area contributed by atoms with Crippen molar-refractivity contribution >= 4 is 5.91 Å². The molecule has 2 fully saturated rings. The first-order valence-corrected chi connectivity index (χ1v) is 12.6. The predicted molar refractivity (Wildman–Crippen MR) is 135 cm³/mol. The van der Waals surface area contributed by atoms with Crippen molar-refractivity contribution in [1.82, 2.24) is 14.7 Å². The molecule has 0 spiro atoms. The maximum Gasteiger partial charge on any atom is 0.248 e. The van der Waals surface area contributed by atoms with E-state index in [1.807, 2.05) is 11.0 Å². The van der Waals surface area contributed by atoms with Gasteiger partial charge >= 0.3 is 0 Å². The van der Waals surface area contributed by atoms with Crippen LogP contribution in [0.4, 0.5) is 0 Å². The molecule has 2 heterocycles. The van der Waals surface area contributed by atoms with Crippen LogP contribution in [-0.2, 0) is 16.1 Å². The van der Waals surface area contributed by atoms with Crippen molar-refractivity contribution in [1.29, 1.82) is 0 Å². The number of amides is 1. The number of carbonyl (C=O) groups is 1. The maximum absolute atomic E-state index is 13.0. The lowest BCUT2D eigenvalue weighted by Gasteiger charge is -2.30. The Morgan fingerprint density at radius 2 is 1.79 bits per heavy atom. The number of rotatable bonds is 11. The third-order valence-corrected chi connectivity index (χ3v) is 7.25. The average molecular weight is 466 g/mol. The molecule has 6 nitrogen and oxygen atoms in total. The lowest BCUT2D eigenvalue weighted by molar-refractivity contribution is -0.136. The molecule has 2 unspecified atom stereocenters. The van der Waals surface area contributed by atoms with Gasteiger partial charge in [-0.05, 0) is 55.1 Å². The lowest BCUT2D eigenvalue weighted by Crippen LogP contribution is -2.43. The average Bonchev–Trinajstić information content (AvgIpc) is 3.52. The van der Waals surface area contributed by atoms with Crippen LogP contribution in [0.15, 0.2) is 54.6 Å². The minimum atomic E-state index is 0.0904. The van der Waals surface area contributed by atoms with E-state index in [4.69, 9.17) is 9.47 Å². The summed E-state index contributed by atoms with van der Waals surface area (Å²) >= 11 is 0. The minimum Gasteiger partial charge on any atom is -0.497 e. The van der Waals surface area contributed by atoms with Crippen molar-refractivity contribution in [2.24, 2.45) is 5.92 Å². The molecule has 4 rings (SSSR count). The normalized spacial score (nSPS) is 21.1. The molecule has 184 valence electrons. The molecule has 2 atom stereocenters. The number of likely N-dealkylation sites (tertiary alicyclic amines) is 2. The zero-order valence-electron chi connectivity index (χ0n) is 20.7. The van der Waals surface area contributed by atoms with Crippen molar-refractivity contribution in [2.45, 2.75) is 25.3 Å². The highest BCUT2D eigenvalue weighted by atomic mass is 16.5. The molecule has 2 aromatic rings. The van der Waals surface area contributed by atoms with Crippen LogP contribution in [0.1, 0.15) is 29.9 Å². The summed E-state index contributed by atoms with van der Waals surface area (Å²) in [5.41, 5.74) is 2.62. The lowest BCUT2D eigenvalue weighted by atomic mass is 9.88. The van der Waals surface area contributed by atoms with E-state index in [2.05, 4.69) is 58.3 Å².